The molecule has 1 fully saturated rings. The van der Waals surface area contributed by atoms with E-state index in [9.17, 15) is 14.7 Å². The van der Waals surface area contributed by atoms with E-state index in [0.717, 1.165) is 5.69 Å². The molecular weight excluding hydrogens is 318 g/mol. The molecule has 120 valence electrons. The van der Waals surface area contributed by atoms with Gasteiger partial charge in [0, 0.05) is 24.3 Å². The monoisotopic (exact) mass is 333 g/mol. The second kappa shape index (κ2) is 5.70. The Morgan fingerprint density at radius 1 is 1.30 bits per heavy atom. The zero-order valence-corrected chi connectivity index (χ0v) is 13.3. The summed E-state index contributed by atoms with van der Waals surface area (Å²) in [5, 5.41) is 14.1. The van der Waals surface area contributed by atoms with Gasteiger partial charge in [-0.3, -0.25) is 9.59 Å². The number of benzene rings is 1. The smallest absolute Gasteiger partial charge is 0.311 e. The highest BCUT2D eigenvalue weighted by Crippen LogP contribution is 2.31. The van der Waals surface area contributed by atoms with Gasteiger partial charge in [0.1, 0.15) is 0 Å². The third-order valence-corrected chi connectivity index (χ3v) is 4.45. The van der Waals surface area contributed by atoms with Crippen molar-refractivity contribution in [2.24, 2.45) is 5.41 Å². The second-order valence-electron chi connectivity index (χ2n) is 5.99. The molecule has 6 nitrogen and oxygen atoms in total. The van der Waals surface area contributed by atoms with Gasteiger partial charge in [0.15, 0.2) is 0 Å². The third kappa shape index (κ3) is 2.94. The van der Waals surface area contributed by atoms with Crippen LogP contribution < -0.4 is 0 Å². The van der Waals surface area contributed by atoms with Gasteiger partial charge in [0.25, 0.3) is 5.91 Å². The van der Waals surface area contributed by atoms with Gasteiger partial charge < -0.3 is 10.0 Å². The van der Waals surface area contributed by atoms with Gasteiger partial charge in [0.2, 0.25) is 0 Å². The molecule has 1 saturated heterocycles. The van der Waals surface area contributed by atoms with Crippen LogP contribution in [0.25, 0.3) is 5.69 Å². The molecule has 7 heteroatoms. The van der Waals surface area contributed by atoms with Crippen molar-refractivity contribution in [2.75, 3.05) is 13.1 Å². The fraction of sp³-hybridized carbons (Fsp3) is 0.312. The summed E-state index contributed by atoms with van der Waals surface area (Å²) in [5.74, 6) is -1.07. The molecule has 3 rings (SSSR count). The Labute approximate surface area is 138 Å². The Balaban J connectivity index is 1.77. The highest BCUT2D eigenvalue weighted by atomic mass is 35.5. The summed E-state index contributed by atoms with van der Waals surface area (Å²) < 4.78 is 1.59. The van der Waals surface area contributed by atoms with Crippen molar-refractivity contribution in [3.8, 4) is 5.69 Å². The minimum atomic E-state index is -0.873. The van der Waals surface area contributed by atoms with Crippen molar-refractivity contribution in [3.05, 3.63) is 47.2 Å². The Morgan fingerprint density at radius 2 is 2.00 bits per heavy atom. The molecule has 0 spiro atoms. The third-order valence-electron chi connectivity index (χ3n) is 4.20. The molecule has 1 aromatic heterocycles. The topological polar surface area (TPSA) is 75.4 Å². The Hall–Kier alpha value is -2.34. The van der Waals surface area contributed by atoms with Crippen LogP contribution in [0.1, 0.15) is 23.7 Å². The Morgan fingerprint density at radius 3 is 2.61 bits per heavy atom. The first kappa shape index (κ1) is 15.6. The maximum absolute atomic E-state index is 12.5. The first-order valence-electron chi connectivity index (χ1n) is 7.22. The molecule has 2 aromatic rings. The van der Waals surface area contributed by atoms with Crippen LogP contribution in [0.3, 0.4) is 0 Å². The predicted molar refractivity (Wildman–Crippen MR) is 84.8 cm³/mol. The van der Waals surface area contributed by atoms with Gasteiger partial charge >= 0.3 is 5.97 Å². The van der Waals surface area contributed by atoms with Crippen molar-refractivity contribution in [2.45, 2.75) is 13.3 Å². The van der Waals surface area contributed by atoms with E-state index in [1.807, 2.05) is 0 Å². The molecule has 1 unspecified atom stereocenters. The largest absolute Gasteiger partial charge is 0.481 e. The molecule has 1 aromatic carbocycles. The fourth-order valence-electron chi connectivity index (χ4n) is 2.66. The van der Waals surface area contributed by atoms with E-state index < -0.39 is 11.4 Å². The zero-order valence-electron chi connectivity index (χ0n) is 12.6. The number of hydrogen-bond donors (Lipinski definition) is 1. The average Bonchev–Trinajstić information content (AvgIpc) is 3.15. The number of halogens is 1. The molecule has 1 N–H and O–H groups in total. The lowest BCUT2D eigenvalue weighted by molar-refractivity contribution is -0.147. The predicted octanol–water partition coefficient (Wildman–Crippen LogP) is 2.46. The molecular formula is C16H16ClN3O3. The number of aromatic nitrogens is 2. The lowest BCUT2D eigenvalue weighted by atomic mass is 9.90. The van der Waals surface area contributed by atoms with Crippen LogP contribution >= 0.6 is 11.6 Å². The normalized spacial score (nSPS) is 20.7. The molecule has 0 saturated carbocycles. The summed E-state index contributed by atoms with van der Waals surface area (Å²) in [7, 11) is 0. The van der Waals surface area contributed by atoms with Crippen molar-refractivity contribution < 1.29 is 14.7 Å². The van der Waals surface area contributed by atoms with Crippen LogP contribution in [0, 0.1) is 5.41 Å². The second-order valence-corrected chi connectivity index (χ2v) is 6.43. The number of carboxylic acid groups (broad SMARTS) is 1. The minimum Gasteiger partial charge on any atom is -0.481 e. The number of rotatable bonds is 3. The van der Waals surface area contributed by atoms with Crippen LogP contribution in [0.4, 0.5) is 0 Å². The zero-order chi connectivity index (χ0) is 16.6. The summed E-state index contributed by atoms with van der Waals surface area (Å²) in [6.07, 6.45) is 3.59. The number of carboxylic acids is 1. The summed E-state index contributed by atoms with van der Waals surface area (Å²) in [6, 6.07) is 7.11. The van der Waals surface area contributed by atoms with E-state index in [0.29, 0.717) is 23.6 Å². The first-order chi connectivity index (χ1) is 10.9. The number of amides is 1. The molecule has 0 aliphatic carbocycles. The van der Waals surface area contributed by atoms with E-state index >= 15 is 0 Å². The van der Waals surface area contributed by atoms with E-state index in [4.69, 9.17) is 11.6 Å². The number of carbonyl (C=O) groups excluding carboxylic acids is 1. The highest BCUT2D eigenvalue weighted by Gasteiger charge is 2.42. The minimum absolute atomic E-state index is 0.199. The molecule has 0 radical (unpaired) electrons. The van der Waals surface area contributed by atoms with Gasteiger partial charge in [0.05, 0.1) is 22.9 Å². The van der Waals surface area contributed by atoms with Crippen LogP contribution in [0.15, 0.2) is 36.7 Å². The molecule has 23 heavy (non-hydrogen) atoms. The molecule has 1 amide bonds. The quantitative estimate of drug-likeness (QED) is 0.936. The van der Waals surface area contributed by atoms with Gasteiger partial charge in [-0.05, 0) is 37.6 Å². The fourth-order valence-corrected chi connectivity index (χ4v) is 2.79. The number of hydrogen-bond acceptors (Lipinski definition) is 3. The Kier molecular flexibility index (Phi) is 3.85. The van der Waals surface area contributed by atoms with Crippen LogP contribution in [0.5, 0.6) is 0 Å². The van der Waals surface area contributed by atoms with Crippen molar-refractivity contribution in [3.63, 3.8) is 0 Å². The average molecular weight is 334 g/mol. The number of aliphatic carboxylic acids is 1. The van der Waals surface area contributed by atoms with Crippen molar-refractivity contribution in [1.29, 1.82) is 0 Å². The van der Waals surface area contributed by atoms with E-state index in [1.54, 1.807) is 47.0 Å². The number of carbonyl (C=O) groups is 2. The van der Waals surface area contributed by atoms with Crippen molar-refractivity contribution >= 4 is 23.5 Å². The maximum atomic E-state index is 12.5. The summed E-state index contributed by atoms with van der Waals surface area (Å²) in [6.45, 7) is 2.32. The SMILES string of the molecule is CC1(C(=O)O)CCN(C(=O)c2cnn(-c3ccc(Cl)cc3)c2)C1. The molecule has 1 aliphatic rings. The lowest BCUT2D eigenvalue weighted by Gasteiger charge is -2.19. The molecule has 1 atom stereocenters. The van der Waals surface area contributed by atoms with Gasteiger partial charge in [-0.1, -0.05) is 11.6 Å². The van der Waals surface area contributed by atoms with Crippen molar-refractivity contribution in [1.82, 2.24) is 14.7 Å². The maximum Gasteiger partial charge on any atom is 0.311 e. The standard InChI is InChI=1S/C16H16ClN3O3/c1-16(15(22)23)6-7-19(10-16)14(21)11-8-18-20(9-11)13-4-2-12(17)3-5-13/h2-5,8-9H,6-7,10H2,1H3,(H,22,23). The highest BCUT2D eigenvalue weighted by molar-refractivity contribution is 6.30. The number of nitrogens with zero attached hydrogens (tertiary/aromatic N) is 3. The molecule has 0 bridgehead atoms. The Bertz CT molecular complexity index is 756. The van der Waals surface area contributed by atoms with Gasteiger partial charge in [-0.25, -0.2) is 4.68 Å². The van der Waals surface area contributed by atoms with Crippen LogP contribution in [-0.2, 0) is 4.79 Å². The van der Waals surface area contributed by atoms with E-state index in [-0.39, 0.29) is 12.5 Å². The molecule has 2 heterocycles. The molecule has 1 aliphatic heterocycles. The van der Waals surface area contributed by atoms with E-state index in [2.05, 4.69) is 5.10 Å². The van der Waals surface area contributed by atoms with Crippen LogP contribution in [0.2, 0.25) is 5.02 Å². The summed E-state index contributed by atoms with van der Waals surface area (Å²) in [5.41, 5.74) is 0.363. The summed E-state index contributed by atoms with van der Waals surface area (Å²) >= 11 is 5.85. The lowest BCUT2D eigenvalue weighted by Crippen LogP contribution is -2.34. The van der Waals surface area contributed by atoms with Gasteiger partial charge in [-0.2, -0.15) is 5.10 Å². The summed E-state index contributed by atoms with van der Waals surface area (Å²) in [4.78, 5) is 25.4. The number of likely N-dealkylation sites (tertiary alicyclic amines) is 1. The van der Waals surface area contributed by atoms with Crippen LogP contribution in [-0.4, -0.2) is 44.8 Å². The first-order valence-corrected chi connectivity index (χ1v) is 7.60. The van der Waals surface area contributed by atoms with Gasteiger partial charge in [-0.15, -0.1) is 0 Å². The van der Waals surface area contributed by atoms with E-state index in [1.165, 1.54) is 6.20 Å².